The van der Waals surface area contributed by atoms with Gasteiger partial charge in [-0.05, 0) is 70.3 Å². The first-order chi connectivity index (χ1) is 9.54. The summed E-state index contributed by atoms with van der Waals surface area (Å²) in [6.07, 6.45) is 2.57. The molecule has 2 nitrogen and oxygen atoms in total. The predicted molar refractivity (Wildman–Crippen MR) is 89.6 cm³/mol. The van der Waals surface area contributed by atoms with Crippen LogP contribution in [0.5, 0.6) is 0 Å². The highest BCUT2D eigenvalue weighted by Gasteiger charge is 2.25. The number of thiophene rings is 1. The first-order valence-electron chi connectivity index (χ1n) is 8.04. The Kier molecular flexibility index (Phi) is 6.06. The fourth-order valence-electron chi connectivity index (χ4n) is 3.02. The van der Waals surface area contributed by atoms with E-state index in [2.05, 4.69) is 50.0 Å². The third-order valence-corrected chi connectivity index (χ3v) is 5.24. The molecule has 1 aromatic heterocycles. The average Bonchev–Trinajstić information content (AvgIpc) is 2.98. The van der Waals surface area contributed by atoms with Crippen LogP contribution in [0.4, 0.5) is 0 Å². The number of hydrogen-bond acceptors (Lipinski definition) is 3. The molecule has 1 saturated heterocycles. The van der Waals surface area contributed by atoms with Crippen molar-refractivity contribution < 1.29 is 0 Å². The Bertz CT molecular complexity index is 399. The van der Waals surface area contributed by atoms with Crippen molar-refractivity contribution in [2.24, 2.45) is 11.8 Å². The first-order valence-corrected chi connectivity index (χ1v) is 8.86. The van der Waals surface area contributed by atoms with Gasteiger partial charge in [-0.3, -0.25) is 4.90 Å². The summed E-state index contributed by atoms with van der Waals surface area (Å²) < 4.78 is 0. The second-order valence-electron chi connectivity index (χ2n) is 6.77. The molecule has 1 aliphatic heterocycles. The standard InChI is InChI=1S/C17H30N2S/c1-13(2)10-18-11-16-7-8-19(12-16)14(3)9-17-6-5-15(4)20-17/h5-6,13-14,16,18H,7-12H2,1-4H3. The molecule has 0 radical (unpaired) electrons. The zero-order valence-electron chi connectivity index (χ0n) is 13.5. The normalized spacial score (nSPS) is 21.8. The second-order valence-corrected chi connectivity index (χ2v) is 8.14. The Labute approximate surface area is 128 Å². The van der Waals surface area contributed by atoms with E-state index in [-0.39, 0.29) is 0 Å². The van der Waals surface area contributed by atoms with E-state index in [1.54, 1.807) is 0 Å². The molecule has 2 atom stereocenters. The van der Waals surface area contributed by atoms with Gasteiger partial charge in [-0.2, -0.15) is 0 Å². The fraction of sp³-hybridized carbons (Fsp3) is 0.765. The van der Waals surface area contributed by atoms with Crippen LogP contribution in [0, 0.1) is 18.8 Å². The second kappa shape index (κ2) is 7.58. The van der Waals surface area contributed by atoms with Crippen molar-refractivity contribution in [2.75, 3.05) is 26.2 Å². The first kappa shape index (κ1) is 16.0. The van der Waals surface area contributed by atoms with Crippen molar-refractivity contribution in [1.29, 1.82) is 0 Å². The van der Waals surface area contributed by atoms with Crippen molar-refractivity contribution in [3.8, 4) is 0 Å². The molecule has 0 spiro atoms. The van der Waals surface area contributed by atoms with Gasteiger partial charge in [-0.1, -0.05) is 13.8 Å². The molecule has 0 aliphatic carbocycles. The van der Waals surface area contributed by atoms with Crippen molar-refractivity contribution in [2.45, 2.75) is 46.6 Å². The van der Waals surface area contributed by atoms with Gasteiger partial charge in [0.25, 0.3) is 0 Å². The van der Waals surface area contributed by atoms with Gasteiger partial charge in [-0.25, -0.2) is 0 Å². The highest BCUT2D eigenvalue weighted by atomic mass is 32.1. The molecule has 0 aromatic carbocycles. The summed E-state index contributed by atoms with van der Waals surface area (Å²) in [5.74, 6) is 1.61. The number of aryl methyl sites for hydroxylation is 1. The summed E-state index contributed by atoms with van der Waals surface area (Å²) in [5, 5.41) is 3.61. The molecule has 2 heterocycles. The topological polar surface area (TPSA) is 15.3 Å². The SMILES string of the molecule is Cc1ccc(CC(C)N2CCC(CNCC(C)C)C2)s1. The van der Waals surface area contributed by atoms with Gasteiger partial charge in [-0.15, -0.1) is 11.3 Å². The van der Waals surface area contributed by atoms with Crippen LogP contribution in [0.15, 0.2) is 12.1 Å². The summed E-state index contributed by atoms with van der Waals surface area (Å²) in [7, 11) is 0. The lowest BCUT2D eigenvalue weighted by atomic mass is 10.1. The van der Waals surface area contributed by atoms with Crippen LogP contribution in [-0.4, -0.2) is 37.1 Å². The summed E-state index contributed by atoms with van der Waals surface area (Å²) in [6.45, 7) is 14.0. The van der Waals surface area contributed by atoms with Crippen LogP contribution < -0.4 is 5.32 Å². The molecular formula is C17H30N2S. The van der Waals surface area contributed by atoms with Crippen LogP contribution in [0.2, 0.25) is 0 Å². The average molecular weight is 295 g/mol. The molecule has 114 valence electrons. The quantitative estimate of drug-likeness (QED) is 0.827. The Morgan fingerprint density at radius 3 is 2.80 bits per heavy atom. The molecule has 3 heteroatoms. The minimum atomic E-state index is 0.683. The van der Waals surface area contributed by atoms with E-state index < -0.39 is 0 Å². The van der Waals surface area contributed by atoms with Crippen molar-refractivity contribution >= 4 is 11.3 Å². The van der Waals surface area contributed by atoms with Crippen LogP contribution >= 0.6 is 11.3 Å². The number of nitrogens with one attached hydrogen (secondary N) is 1. The summed E-state index contributed by atoms with van der Waals surface area (Å²) in [5.41, 5.74) is 0. The van der Waals surface area contributed by atoms with Crippen molar-refractivity contribution in [3.05, 3.63) is 21.9 Å². The Balaban J connectivity index is 1.71. The van der Waals surface area contributed by atoms with E-state index in [0.29, 0.717) is 6.04 Å². The maximum absolute atomic E-state index is 3.61. The number of nitrogens with zero attached hydrogens (tertiary/aromatic N) is 1. The monoisotopic (exact) mass is 294 g/mol. The molecule has 0 saturated carbocycles. The zero-order chi connectivity index (χ0) is 14.5. The third kappa shape index (κ3) is 4.87. The van der Waals surface area contributed by atoms with E-state index in [0.717, 1.165) is 18.4 Å². The number of hydrogen-bond donors (Lipinski definition) is 1. The maximum atomic E-state index is 3.61. The third-order valence-electron chi connectivity index (χ3n) is 4.22. The molecule has 1 fully saturated rings. The smallest absolute Gasteiger partial charge is 0.0115 e. The molecule has 20 heavy (non-hydrogen) atoms. The summed E-state index contributed by atoms with van der Waals surface area (Å²) in [6, 6.07) is 5.23. The Morgan fingerprint density at radius 1 is 1.35 bits per heavy atom. The lowest BCUT2D eigenvalue weighted by Gasteiger charge is -2.24. The maximum Gasteiger partial charge on any atom is 0.0115 e. The van der Waals surface area contributed by atoms with E-state index in [1.807, 2.05) is 11.3 Å². The molecule has 2 rings (SSSR count). The summed E-state index contributed by atoms with van der Waals surface area (Å²) >= 11 is 1.95. The zero-order valence-corrected chi connectivity index (χ0v) is 14.3. The van der Waals surface area contributed by atoms with Crippen molar-refractivity contribution in [1.82, 2.24) is 10.2 Å². The van der Waals surface area contributed by atoms with Gasteiger partial charge in [0.1, 0.15) is 0 Å². The van der Waals surface area contributed by atoms with Gasteiger partial charge >= 0.3 is 0 Å². The lowest BCUT2D eigenvalue weighted by molar-refractivity contribution is 0.247. The van der Waals surface area contributed by atoms with E-state index in [1.165, 1.54) is 42.2 Å². The predicted octanol–water partition coefficient (Wildman–Crippen LogP) is 3.56. The van der Waals surface area contributed by atoms with E-state index in [9.17, 15) is 0 Å². The van der Waals surface area contributed by atoms with Crippen LogP contribution in [0.1, 0.15) is 36.9 Å². The molecule has 1 aromatic rings. The van der Waals surface area contributed by atoms with E-state index in [4.69, 9.17) is 0 Å². The minimum Gasteiger partial charge on any atom is -0.316 e. The fourth-order valence-corrected chi connectivity index (χ4v) is 4.03. The van der Waals surface area contributed by atoms with Gasteiger partial charge in [0.05, 0.1) is 0 Å². The highest BCUT2D eigenvalue weighted by Crippen LogP contribution is 2.23. The van der Waals surface area contributed by atoms with E-state index >= 15 is 0 Å². The Morgan fingerprint density at radius 2 is 2.15 bits per heavy atom. The molecule has 0 bridgehead atoms. The Hall–Kier alpha value is -0.380. The molecular weight excluding hydrogens is 264 g/mol. The lowest BCUT2D eigenvalue weighted by Crippen LogP contribution is -2.34. The van der Waals surface area contributed by atoms with Crippen molar-refractivity contribution in [3.63, 3.8) is 0 Å². The van der Waals surface area contributed by atoms with Gasteiger partial charge in [0, 0.05) is 22.3 Å². The number of likely N-dealkylation sites (tertiary alicyclic amines) is 1. The van der Waals surface area contributed by atoms with Gasteiger partial charge < -0.3 is 5.32 Å². The highest BCUT2D eigenvalue weighted by molar-refractivity contribution is 7.11. The molecule has 1 aliphatic rings. The number of rotatable bonds is 7. The van der Waals surface area contributed by atoms with Gasteiger partial charge in [0.15, 0.2) is 0 Å². The van der Waals surface area contributed by atoms with Crippen LogP contribution in [-0.2, 0) is 6.42 Å². The van der Waals surface area contributed by atoms with Crippen LogP contribution in [0.3, 0.4) is 0 Å². The molecule has 0 amide bonds. The largest absolute Gasteiger partial charge is 0.316 e. The van der Waals surface area contributed by atoms with Crippen LogP contribution in [0.25, 0.3) is 0 Å². The molecule has 2 unspecified atom stereocenters. The summed E-state index contributed by atoms with van der Waals surface area (Å²) in [4.78, 5) is 5.65. The minimum absolute atomic E-state index is 0.683. The molecule has 1 N–H and O–H groups in total. The van der Waals surface area contributed by atoms with Gasteiger partial charge in [0.2, 0.25) is 0 Å².